The van der Waals surface area contributed by atoms with Crippen LogP contribution in [0.3, 0.4) is 0 Å². The van der Waals surface area contributed by atoms with Crippen molar-refractivity contribution < 1.29 is 15.0 Å². The highest BCUT2D eigenvalue weighted by Gasteiger charge is 2.35. The van der Waals surface area contributed by atoms with Crippen LogP contribution >= 0.6 is 0 Å². The molecule has 0 amide bonds. The molecule has 21 heavy (non-hydrogen) atoms. The van der Waals surface area contributed by atoms with Crippen LogP contribution < -0.4 is 0 Å². The number of aryl methyl sites for hydroxylation is 2. The van der Waals surface area contributed by atoms with E-state index in [2.05, 4.69) is 26.0 Å². The lowest BCUT2D eigenvalue weighted by atomic mass is 9.76. The van der Waals surface area contributed by atoms with Crippen LogP contribution in [0.25, 0.3) is 0 Å². The molecule has 3 unspecified atom stereocenters. The largest absolute Gasteiger partial charge is 0.481 e. The minimum Gasteiger partial charge on any atom is -0.481 e. The van der Waals surface area contributed by atoms with Crippen molar-refractivity contribution >= 4 is 5.97 Å². The summed E-state index contributed by atoms with van der Waals surface area (Å²) in [7, 11) is 0. The van der Waals surface area contributed by atoms with Gasteiger partial charge in [-0.25, -0.2) is 0 Å². The number of allylic oxidation sites excluding steroid dienone is 2. The Morgan fingerprint density at radius 1 is 1.24 bits per heavy atom. The van der Waals surface area contributed by atoms with Crippen molar-refractivity contribution in [3.63, 3.8) is 0 Å². The molecule has 3 nitrogen and oxygen atoms in total. The molecule has 0 aromatic heterocycles. The van der Waals surface area contributed by atoms with Crippen molar-refractivity contribution in [1.82, 2.24) is 0 Å². The third-order valence-corrected chi connectivity index (χ3v) is 4.52. The van der Waals surface area contributed by atoms with Gasteiger partial charge in [0.1, 0.15) is 0 Å². The maximum Gasteiger partial charge on any atom is 0.307 e. The first-order valence-corrected chi connectivity index (χ1v) is 7.76. The Labute approximate surface area is 126 Å². The van der Waals surface area contributed by atoms with Crippen molar-refractivity contribution in [3.05, 3.63) is 47.0 Å². The minimum atomic E-state index is -0.812. The zero-order valence-corrected chi connectivity index (χ0v) is 12.7. The average Bonchev–Trinajstić information content (AvgIpc) is 2.53. The van der Waals surface area contributed by atoms with Gasteiger partial charge in [-0.05, 0) is 42.4 Å². The van der Waals surface area contributed by atoms with Crippen LogP contribution in [0.4, 0.5) is 0 Å². The van der Waals surface area contributed by atoms with E-state index in [1.807, 2.05) is 18.2 Å². The maximum atomic E-state index is 11.4. The van der Waals surface area contributed by atoms with Gasteiger partial charge in [0.05, 0.1) is 12.0 Å². The highest BCUT2D eigenvalue weighted by molar-refractivity contribution is 5.71. The molecule has 114 valence electrons. The molecule has 1 aliphatic carbocycles. The lowest BCUT2D eigenvalue weighted by molar-refractivity contribution is -0.145. The summed E-state index contributed by atoms with van der Waals surface area (Å²) in [6.07, 6.45) is 6.07. The van der Waals surface area contributed by atoms with Gasteiger partial charge in [-0.1, -0.05) is 44.2 Å². The SMILES string of the molecule is CCc1ccc(CC)c(C(O)C2CC=CCC2C(=O)O)c1. The van der Waals surface area contributed by atoms with Gasteiger partial charge in [0.2, 0.25) is 0 Å². The fourth-order valence-corrected chi connectivity index (χ4v) is 3.16. The monoisotopic (exact) mass is 288 g/mol. The van der Waals surface area contributed by atoms with Gasteiger partial charge in [0.15, 0.2) is 0 Å². The van der Waals surface area contributed by atoms with Gasteiger partial charge >= 0.3 is 5.97 Å². The average molecular weight is 288 g/mol. The number of rotatable bonds is 5. The quantitative estimate of drug-likeness (QED) is 0.815. The lowest BCUT2D eigenvalue weighted by Gasteiger charge is -2.31. The van der Waals surface area contributed by atoms with Crippen LogP contribution in [-0.4, -0.2) is 16.2 Å². The third kappa shape index (κ3) is 3.35. The molecular weight excluding hydrogens is 264 g/mol. The van der Waals surface area contributed by atoms with Gasteiger partial charge in [0, 0.05) is 5.92 Å². The summed E-state index contributed by atoms with van der Waals surface area (Å²) < 4.78 is 0. The van der Waals surface area contributed by atoms with Gasteiger partial charge in [-0.2, -0.15) is 0 Å². The van der Waals surface area contributed by atoms with E-state index in [4.69, 9.17) is 0 Å². The fourth-order valence-electron chi connectivity index (χ4n) is 3.16. The van der Waals surface area contributed by atoms with E-state index < -0.39 is 18.0 Å². The number of aliphatic hydroxyl groups excluding tert-OH is 1. The number of carbonyl (C=O) groups is 1. The molecule has 1 aromatic rings. The Kier molecular flexibility index (Phi) is 5.18. The Morgan fingerprint density at radius 3 is 2.57 bits per heavy atom. The Balaban J connectivity index is 2.35. The molecule has 0 aliphatic heterocycles. The molecule has 2 N–H and O–H groups in total. The first-order valence-electron chi connectivity index (χ1n) is 7.76. The summed E-state index contributed by atoms with van der Waals surface area (Å²) in [5, 5.41) is 20.2. The number of carboxylic acids is 1. The van der Waals surface area contributed by atoms with Crippen LogP contribution in [0, 0.1) is 11.8 Å². The number of hydrogen-bond donors (Lipinski definition) is 2. The second kappa shape index (κ2) is 6.90. The fraction of sp³-hybridized carbons (Fsp3) is 0.500. The van der Waals surface area contributed by atoms with E-state index >= 15 is 0 Å². The molecule has 0 fully saturated rings. The first-order chi connectivity index (χ1) is 10.1. The van der Waals surface area contributed by atoms with E-state index in [1.165, 1.54) is 5.56 Å². The van der Waals surface area contributed by atoms with Crippen molar-refractivity contribution in [1.29, 1.82) is 0 Å². The molecule has 3 heteroatoms. The van der Waals surface area contributed by atoms with Gasteiger partial charge in [-0.15, -0.1) is 0 Å². The summed E-state index contributed by atoms with van der Waals surface area (Å²) in [4.78, 5) is 11.4. The van der Waals surface area contributed by atoms with Crippen LogP contribution in [0.15, 0.2) is 30.4 Å². The smallest absolute Gasteiger partial charge is 0.307 e. The molecule has 0 saturated carbocycles. The van der Waals surface area contributed by atoms with Gasteiger partial charge < -0.3 is 10.2 Å². The summed E-state index contributed by atoms with van der Waals surface area (Å²) >= 11 is 0. The molecule has 1 aliphatic rings. The third-order valence-electron chi connectivity index (χ3n) is 4.52. The molecule has 0 bridgehead atoms. The molecule has 0 radical (unpaired) electrons. The van der Waals surface area contributed by atoms with E-state index in [9.17, 15) is 15.0 Å². The summed E-state index contributed by atoms with van der Waals surface area (Å²) in [5.41, 5.74) is 3.20. The van der Waals surface area contributed by atoms with E-state index in [0.29, 0.717) is 12.8 Å². The van der Waals surface area contributed by atoms with E-state index in [0.717, 1.165) is 24.0 Å². The van der Waals surface area contributed by atoms with Crippen molar-refractivity contribution in [3.8, 4) is 0 Å². The number of hydrogen-bond acceptors (Lipinski definition) is 2. The van der Waals surface area contributed by atoms with Crippen molar-refractivity contribution in [2.24, 2.45) is 11.8 Å². The standard InChI is InChI=1S/C18H24O3/c1-3-12-9-10-13(4-2)16(11-12)17(19)14-7-5-6-8-15(14)18(20)21/h5-6,9-11,14-15,17,19H,3-4,7-8H2,1-2H3,(H,20,21). The summed E-state index contributed by atoms with van der Waals surface area (Å²) in [6.45, 7) is 4.15. The topological polar surface area (TPSA) is 57.5 Å². The highest BCUT2D eigenvalue weighted by Crippen LogP contribution is 2.37. The molecule has 3 atom stereocenters. The number of benzene rings is 1. The molecule has 1 aromatic carbocycles. The predicted molar refractivity (Wildman–Crippen MR) is 83.1 cm³/mol. The minimum absolute atomic E-state index is 0.245. The molecule has 0 spiro atoms. The maximum absolute atomic E-state index is 11.4. The highest BCUT2D eigenvalue weighted by atomic mass is 16.4. The Morgan fingerprint density at radius 2 is 1.95 bits per heavy atom. The number of aliphatic carboxylic acids is 1. The summed E-state index contributed by atoms with van der Waals surface area (Å²) in [6, 6.07) is 6.19. The van der Waals surface area contributed by atoms with E-state index in [-0.39, 0.29) is 5.92 Å². The number of aliphatic hydroxyl groups is 1. The molecule has 0 saturated heterocycles. The first kappa shape index (κ1) is 15.8. The zero-order chi connectivity index (χ0) is 15.4. The van der Waals surface area contributed by atoms with Gasteiger partial charge in [-0.3, -0.25) is 4.79 Å². The molecular formula is C18H24O3. The number of carboxylic acid groups (broad SMARTS) is 1. The molecule has 0 heterocycles. The van der Waals surface area contributed by atoms with Crippen molar-refractivity contribution in [2.45, 2.75) is 45.6 Å². The van der Waals surface area contributed by atoms with Gasteiger partial charge in [0.25, 0.3) is 0 Å². The molecule has 2 rings (SSSR count). The van der Waals surface area contributed by atoms with Crippen molar-refractivity contribution in [2.75, 3.05) is 0 Å². The van der Waals surface area contributed by atoms with E-state index in [1.54, 1.807) is 0 Å². The van der Waals surface area contributed by atoms with Crippen LogP contribution in [0.2, 0.25) is 0 Å². The normalized spacial score (nSPS) is 23.0. The summed E-state index contributed by atoms with van der Waals surface area (Å²) in [5.74, 6) is -1.56. The lowest BCUT2D eigenvalue weighted by Crippen LogP contribution is -2.30. The van der Waals surface area contributed by atoms with Crippen LogP contribution in [0.5, 0.6) is 0 Å². The Bertz CT molecular complexity index is 533. The second-order valence-corrected chi connectivity index (χ2v) is 5.74. The van der Waals surface area contributed by atoms with Crippen LogP contribution in [-0.2, 0) is 17.6 Å². The predicted octanol–water partition coefficient (Wildman–Crippen LogP) is 3.51. The Hall–Kier alpha value is -1.61. The van der Waals surface area contributed by atoms with Crippen LogP contribution in [0.1, 0.15) is 49.5 Å². The zero-order valence-electron chi connectivity index (χ0n) is 12.7. The second-order valence-electron chi connectivity index (χ2n) is 5.74.